The van der Waals surface area contributed by atoms with Gasteiger partial charge in [0.25, 0.3) is 0 Å². The van der Waals surface area contributed by atoms with Crippen LogP contribution in [-0.4, -0.2) is 92.8 Å². The van der Waals surface area contributed by atoms with Crippen molar-refractivity contribution >= 4 is 16.6 Å². The van der Waals surface area contributed by atoms with E-state index in [0.717, 1.165) is 5.56 Å². The van der Waals surface area contributed by atoms with E-state index in [0.29, 0.717) is 44.3 Å². The van der Waals surface area contributed by atoms with Crippen LogP contribution in [-0.2, 0) is 11.2 Å². The Morgan fingerprint density at radius 3 is 2.44 bits per heavy atom. The topological polar surface area (TPSA) is 121 Å². The summed E-state index contributed by atoms with van der Waals surface area (Å²) in [6, 6.07) is 5.39. The molecule has 10 nitrogen and oxygen atoms in total. The normalized spacial score (nSPS) is 23.4. The molecule has 2 N–H and O–H groups in total. The van der Waals surface area contributed by atoms with E-state index in [1.54, 1.807) is 29.0 Å². The van der Waals surface area contributed by atoms with Crippen LogP contribution in [0.25, 0.3) is 0 Å². The van der Waals surface area contributed by atoms with Gasteiger partial charge in [-0.3, -0.25) is 9.11 Å². The fraction of sp³-hybridized carbons (Fsp3) is 0.591. The van der Waals surface area contributed by atoms with Crippen molar-refractivity contribution in [2.24, 2.45) is 0 Å². The summed E-state index contributed by atoms with van der Waals surface area (Å²) in [5.41, 5.74) is 0.749. The fourth-order valence-electron chi connectivity index (χ4n) is 4.46. The monoisotopic (exact) mass is 534 g/mol. The smallest absolute Gasteiger partial charge is 0.406 e. The zero-order chi connectivity index (χ0) is 25.9. The molecule has 2 aromatic rings. The molecule has 2 saturated heterocycles. The van der Waals surface area contributed by atoms with Crippen LogP contribution in [0, 0.1) is 0 Å². The predicted octanol–water partition coefficient (Wildman–Crippen LogP) is 3.92. The molecule has 2 aliphatic rings. The third-order valence-electron chi connectivity index (χ3n) is 6.32. The number of halogens is 3. The predicted molar refractivity (Wildman–Crippen MR) is 124 cm³/mol. The highest BCUT2D eigenvalue weighted by Crippen LogP contribution is 2.41. The lowest BCUT2D eigenvalue weighted by molar-refractivity contribution is -0.274. The van der Waals surface area contributed by atoms with Crippen LogP contribution >= 0.6 is 10.6 Å². The highest BCUT2D eigenvalue weighted by molar-refractivity contribution is 8.24. The average molecular weight is 535 g/mol. The number of rotatable bonds is 6. The molecule has 1 aromatic heterocycles. The molecule has 2 fully saturated rings. The van der Waals surface area contributed by atoms with Gasteiger partial charge in [0, 0.05) is 45.6 Å². The molecule has 1 aromatic carbocycles. The van der Waals surface area contributed by atoms with Crippen molar-refractivity contribution in [2.75, 3.05) is 51.4 Å². The van der Waals surface area contributed by atoms with E-state index < -0.39 is 17.0 Å². The van der Waals surface area contributed by atoms with Crippen molar-refractivity contribution in [1.82, 2.24) is 19.9 Å². The molecule has 0 saturated carbocycles. The van der Waals surface area contributed by atoms with Crippen LogP contribution in [0.15, 0.2) is 28.8 Å². The summed E-state index contributed by atoms with van der Waals surface area (Å²) in [6.07, 6.45) is -3.76. The molecule has 0 spiro atoms. The quantitative estimate of drug-likeness (QED) is 0.572. The molecule has 200 valence electrons. The Morgan fingerprint density at radius 1 is 1.14 bits per heavy atom. The standard InChI is InChI=1S/C22H29F3N4O6S/c1-33-9-6-19-26-20(35-27-19)17-12-16(15-2-4-18(5-3-15)34-22(23,24)25)13-29(14-17)21(30)28-7-10-36(31,32)11-8-28/h2-5,16-17,31-32H,6-14H2,1H3. The van der Waals surface area contributed by atoms with Gasteiger partial charge in [-0.05, 0) is 24.1 Å². The first-order chi connectivity index (χ1) is 17.0. The van der Waals surface area contributed by atoms with E-state index in [1.165, 1.54) is 12.1 Å². The first-order valence-corrected chi connectivity index (χ1v) is 13.4. The highest BCUT2D eigenvalue weighted by atomic mass is 32.3. The van der Waals surface area contributed by atoms with Gasteiger partial charge in [0.1, 0.15) is 5.75 Å². The number of urea groups is 1. The number of piperidine rings is 1. The molecule has 2 aliphatic heterocycles. The number of ether oxygens (including phenoxy) is 2. The second-order valence-corrected chi connectivity index (χ2v) is 11.3. The molecule has 0 aliphatic carbocycles. The molecular weight excluding hydrogens is 505 g/mol. The van der Waals surface area contributed by atoms with Crippen molar-refractivity contribution in [2.45, 2.75) is 31.0 Å². The second kappa shape index (κ2) is 10.8. The zero-order valence-corrected chi connectivity index (χ0v) is 20.5. The molecule has 14 heteroatoms. The first kappa shape index (κ1) is 26.5. The number of nitrogens with zero attached hydrogens (tertiary/aromatic N) is 4. The van der Waals surface area contributed by atoms with E-state index in [1.807, 2.05) is 0 Å². The summed E-state index contributed by atoms with van der Waals surface area (Å²) in [4.78, 5) is 21.1. The van der Waals surface area contributed by atoms with Crippen LogP contribution in [0.5, 0.6) is 5.75 Å². The number of carbonyl (C=O) groups is 1. The third kappa shape index (κ3) is 6.81. The molecule has 0 radical (unpaired) electrons. The fourth-order valence-corrected chi connectivity index (χ4v) is 5.69. The van der Waals surface area contributed by atoms with E-state index in [-0.39, 0.29) is 48.2 Å². The van der Waals surface area contributed by atoms with Gasteiger partial charge < -0.3 is 23.8 Å². The number of alkyl halides is 3. The van der Waals surface area contributed by atoms with Crippen LogP contribution < -0.4 is 4.74 Å². The Kier molecular flexibility index (Phi) is 7.97. The lowest BCUT2D eigenvalue weighted by Gasteiger charge is -2.44. The van der Waals surface area contributed by atoms with Crippen LogP contribution in [0.3, 0.4) is 0 Å². The number of hydrogen-bond donors (Lipinski definition) is 2. The van der Waals surface area contributed by atoms with Gasteiger partial charge in [-0.15, -0.1) is 13.2 Å². The largest absolute Gasteiger partial charge is 0.573 e. The van der Waals surface area contributed by atoms with Gasteiger partial charge in [-0.25, -0.2) is 4.79 Å². The van der Waals surface area contributed by atoms with E-state index in [2.05, 4.69) is 14.9 Å². The average Bonchev–Trinajstić information content (AvgIpc) is 3.31. The van der Waals surface area contributed by atoms with E-state index >= 15 is 0 Å². The van der Waals surface area contributed by atoms with Gasteiger partial charge in [0.2, 0.25) is 5.89 Å². The SMILES string of the molecule is COCCc1noc(C2CC(c3ccc(OC(F)(F)F)cc3)CN(C(=O)N3CCS(O)(O)CC3)C2)n1. The highest BCUT2D eigenvalue weighted by Gasteiger charge is 2.37. The number of hydrogen-bond acceptors (Lipinski definition) is 8. The second-order valence-electron chi connectivity index (χ2n) is 8.92. The maximum Gasteiger partial charge on any atom is 0.573 e. The summed E-state index contributed by atoms with van der Waals surface area (Å²) in [6.45, 7) is 1.56. The summed E-state index contributed by atoms with van der Waals surface area (Å²) in [7, 11) is -1.09. The minimum atomic E-state index is -4.78. The summed E-state index contributed by atoms with van der Waals surface area (Å²) < 4.78 is 71.9. The van der Waals surface area contributed by atoms with Gasteiger partial charge in [0.05, 0.1) is 24.0 Å². The Labute approximate surface area is 207 Å². The van der Waals surface area contributed by atoms with Gasteiger partial charge in [-0.1, -0.05) is 17.3 Å². The molecule has 3 heterocycles. The molecule has 2 amide bonds. The van der Waals surface area contributed by atoms with Gasteiger partial charge in [0.15, 0.2) is 5.82 Å². The first-order valence-electron chi connectivity index (χ1n) is 11.5. The maximum atomic E-state index is 13.3. The third-order valence-corrected chi connectivity index (χ3v) is 7.99. The van der Waals surface area contributed by atoms with Crippen LogP contribution in [0.1, 0.15) is 35.5 Å². The van der Waals surface area contributed by atoms with Crippen molar-refractivity contribution < 1.29 is 41.1 Å². The molecule has 36 heavy (non-hydrogen) atoms. The van der Waals surface area contributed by atoms with Crippen molar-refractivity contribution in [1.29, 1.82) is 0 Å². The van der Waals surface area contributed by atoms with E-state index in [9.17, 15) is 27.1 Å². The number of methoxy groups -OCH3 is 1. The summed E-state index contributed by atoms with van der Waals surface area (Å²) in [5, 5.41) is 3.99. The lowest BCUT2D eigenvalue weighted by Crippen LogP contribution is -2.52. The summed E-state index contributed by atoms with van der Waals surface area (Å²) >= 11 is 0. The minimum Gasteiger partial charge on any atom is -0.406 e. The minimum absolute atomic E-state index is 0.132. The number of benzene rings is 1. The van der Waals surface area contributed by atoms with Crippen molar-refractivity contribution in [3.63, 3.8) is 0 Å². The van der Waals surface area contributed by atoms with Gasteiger partial charge in [-0.2, -0.15) is 15.6 Å². The van der Waals surface area contributed by atoms with Crippen molar-refractivity contribution in [3.05, 3.63) is 41.5 Å². The van der Waals surface area contributed by atoms with Gasteiger partial charge >= 0.3 is 12.4 Å². The lowest BCUT2D eigenvalue weighted by atomic mass is 9.84. The van der Waals surface area contributed by atoms with Crippen molar-refractivity contribution in [3.8, 4) is 5.75 Å². The molecule has 2 unspecified atom stereocenters. The molecule has 0 bridgehead atoms. The molecule has 4 rings (SSSR count). The molecule has 2 atom stereocenters. The summed E-state index contributed by atoms with van der Waals surface area (Å²) in [5.74, 6) is 0.327. The molecular formula is C22H29F3N4O6S. The van der Waals surface area contributed by atoms with E-state index in [4.69, 9.17) is 9.26 Å². The Balaban J connectivity index is 1.53. The maximum absolute atomic E-state index is 13.3. The van der Waals surface area contributed by atoms with Crippen LogP contribution in [0.4, 0.5) is 18.0 Å². The number of aromatic nitrogens is 2. The zero-order valence-electron chi connectivity index (χ0n) is 19.7. The Hall–Kier alpha value is -2.55. The number of carbonyl (C=O) groups excluding carboxylic acids is 1. The Morgan fingerprint density at radius 2 is 1.81 bits per heavy atom. The number of likely N-dealkylation sites (tertiary alicyclic amines) is 1. The van der Waals surface area contributed by atoms with Crippen LogP contribution in [0.2, 0.25) is 0 Å². The number of amides is 2. The Bertz CT molecular complexity index is 1030.